The molecule has 9 heteroatoms. The molecular formula is C13H8F5NO2S. The highest BCUT2D eigenvalue weighted by molar-refractivity contribution is 7.92. The molecule has 22 heavy (non-hydrogen) atoms. The normalized spacial score (nSPS) is 12.2. The third-order valence-corrected chi connectivity index (χ3v) is 3.97. The quantitative estimate of drug-likeness (QED) is 0.867. The van der Waals surface area contributed by atoms with Crippen LogP contribution in [0.2, 0.25) is 0 Å². The Labute approximate surface area is 122 Å². The van der Waals surface area contributed by atoms with Gasteiger partial charge >= 0.3 is 6.18 Å². The molecule has 2 aromatic rings. The zero-order valence-corrected chi connectivity index (χ0v) is 11.5. The van der Waals surface area contributed by atoms with E-state index in [9.17, 15) is 30.4 Å². The summed E-state index contributed by atoms with van der Waals surface area (Å²) >= 11 is 0. The molecule has 0 bridgehead atoms. The van der Waals surface area contributed by atoms with Gasteiger partial charge in [-0.05, 0) is 36.4 Å². The van der Waals surface area contributed by atoms with Crippen molar-refractivity contribution in [2.45, 2.75) is 11.1 Å². The first-order chi connectivity index (χ1) is 10.1. The molecule has 0 aliphatic heterocycles. The van der Waals surface area contributed by atoms with Gasteiger partial charge in [0, 0.05) is 11.8 Å². The van der Waals surface area contributed by atoms with E-state index in [1.807, 2.05) is 4.72 Å². The maximum Gasteiger partial charge on any atom is 0.416 e. The molecule has 1 N–H and O–H groups in total. The lowest BCUT2D eigenvalue weighted by molar-refractivity contribution is -0.137. The summed E-state index contributed by atoms with van der Waals surface area (Å²) in [6.07, 6.45) is -4.55. The minimum Gasteiger partial charge on any atom is -0.280 e. The van der Waals surface area contributed by atoms with Crippen LogP contribution in [0.5, 0.6) is 0 Å². The van der Waals surface area contributed by atoms with E-state index in [1.165, 1.54) is 0 Å². The van der Waals surface area contributed by atoms with Crippen molar-refractivity contribution < 1.29 is 30.4 Å². The first-order valence-electron chi connectivity index (χ1n) is 5.74. The summed E-state index contributed by atoms with van der Waals surface area (Å²) < 4.78 is 89.0. The van der Waals surface area contributed by atoms with Crippen molar-refractivity contribution in [2.24, 2.45) is 0 Å². The second kappa shape index (κ2) is 5.56. The zero-order valence-electron chi connectivity index (χ0n) is 10.7. The van der Waals surface area contributed by atoms with Crippen molar-refractivity contribution in [2.75, 3.05) is 4.72 Å². The Balaban J connectivity index is 2.29. The van der Waals surface area contributed by atoms with Crippen molar-refractivity contribution in [3.05, 3.63) is 59.7 Å². The van der Waals surface area contributed by atoms with Gasteiger partial charge in [0.1, 0.15) is 11.6 Å². The van der Waals surface area contributed by atoms with Crippen LogP contribution in [0, 0.1) is 11.6 Å². The number of rotatable bonds is 3. The second-order valence-electron chi connectivity index (χ2n) is 4.29. The largest absolute Gasteiger partial charge is 0.416 e. The SMILES string of the molecule is O=S(=O)(Nc1ccc(C(F)(F)F)cc1)c1cc(F)cc(F)c1. The van der Waals surface area contributed by atoms with E-state index in [0.29, 0.717) is 30.3 Å². The van der Waals surface area contributed by atoms with Gasteiger partial charge in [-0.2, -0.15) is 13.2 Å². The Hall–Kier alpha value is -2.16. The highest BCUT2D eigenvalue weighted by atomic mass is 32.2. The molecule has 0 aromatic heterocycles. The van der Waals surface area contributed by atoms with Crippen LogP contribution in [0.4, 0.5) is 27.6 Å². The van der Waals surface area contributed by atoms with E-state index in [0.717, 1.165) is 12.1 Å². The summed E-state index contributed by atoms with van der Waals surface area (Å²) in [7, 11) is -4.32. The van der Waals surface area contributed by atoms with E-state index in [4.69, 9.17) is 0 Å². The summed E-state index contributed by atoms with van der Waals surface area (Å²) in [5.74, 6) is -2.18. The van der Waals surface area contributed by atoms with Crippen molar-refractivity contribution in [1.29, 1.82) is 0 Å². The van der Waals surface area contributed by atoms with Crippen LogP contribution in [0.15, 0.2) is 47.4 Å². The Bertz CT molecular complexity index is 765. The lowest BCUT2D eigenvalue weighted by atomic mass is 10.2. The lowest BCUT2D eigenvalue weighted by Gasteiger charge is -2.10. The number of sulfonamides is 1. The van der Waals surface area contributed by atoms with Gasteiger partial charge in [-0.1, -0.05) is 0 Å². The Kier molecular flexibility index (Phi) is 4.10. The highest BCUT2D eigenvalue weighted by Gasteiger charge is 2.30. The molecule has 2 aromatic carbocycles. The summed E-state index contributed by atoms with van der Waals surface area (Å²) in [6.45, 7) is 0. The van der Waals surface area contributed by atoms with Crippen LogP contribution in [-0.2, 0) is 16.2 Å². The minimum atomic E-state index is -4.55. The van der Waals surface area contributed by atoms with Crippen LogP contribution in [0.25, 0.3) is 0 Å². The average Bonchev–Trinajstić information content (AvgIpc) is 2.36. The molecule has 0 spiro atoms. The molecule has 0 fully saturated rings. The standard InChI is InChI=1S/C13H8F5NO2S/c14-9-5-10(15)7-12(6-9)22(20,21)19-11-3-1-8(2-4-11)13(16,17)18/h1-7,19H. The average molecular weight is 337 g/mol. The molecule has 0 heterocycles. The number of halogens is 5. The number of hydrogen-bond acceptors (Lipinski definition) is 2. The number of anilines is 1. The van der Waals surface area contributed by atoms with Gasteiger partial charge in [-0.3, -0.25) is 4.72 Å². The van der Waals surface area contributed by atoms with Gasteiger partial charge in [0.15, 0.2) is 0 Å². The van der Waals surface area contributed by atoms with Crippen molar-refractivity contribution in [3.8, 4) is 0 Å². The molecule has 0 radical (unpaired) electrons. The number of hydrogen-bond donors (Lipinski definition) is 1. The van der Waals surface area contributed by atoms with E-state index in [2.05, 4.69) is 0 Å². The van der Waals surface area contributed by atoms with Crippen molar-refractivity contribution in [1.82, 2.24) is 0 Å². The van der Waals surface area contributed by atoms with E-state index in [1.54, 1.807) is 0 Å². The molecule has 0 aliphatic carbocycles. The van der Waals surface area contributed by atoms with Gasteiger partial charge in [0.05, 0.1) is 10.5 Å². The molecule has 0 amide bonds. The fourth-order valence-electron chi connectivity index (χ4n) is 1.63. The van der Waals surface area contributed by atoms with Crippen molar-refractivity contribution in [3.63, 3.8) is 0 Å². The molecule has 3 nitrogen and oxygen atoms in total. The van der Waals surface area contributed by atoms with Gasteiger partial charge < -0.3 is 0 Å². The van der Waals surface area contributed by atoms with Gasteiger partial charge in [-0.15, -0.1) is 0 Å². The summed E-state index contributed by atoms with van der Waals surface area (Å²) in [5.41, 5.74) is -1.12. The zero-order chi connectivity index (χ0) is 16.5. The fraction of sp³-hybridized carbons (Fsp3) is 0.0769. The van der Waals surface area contributed by atoms with Crippen LogP contribution >= 0.6 is 0 Å². The molecule has 118 valence electrons. The fourth-order valence-corrected chi connectivity index (χ4v) is 2.72. The van der Waals surface area contributed by atoms with Gasteiger partial charge in [0.25, 0.3) is 10.0 Å². The van der Waals surface area contributed by atoms with Crippen LogP contribution in [-0.4, -0.2) is 8.42 Å². The minimum absolute atomic E-state index is 0.169. The summed E-state index contributed by atoms with van der Waals surface area (Å²) in [5, 5.41) is 0. The summed E-state index contributed by atoms with van der Waals surface area (Å²) in [4.78, 5) is -0.676. The number of benzene rings is 2. The van der Waals surface area contributed by atoms with Crippen LogP contribution in [0.1, 0.15) is 5.56 Å². The maximum atomic E-state index is 13.0. The van der Waals surface area contributed by atoms with Crippen LogP contribution < -0.4 is 4.72 Å². The first-order valence-corrected chi connectivity index (χ1v) is 7.22. The molecule has 2 rings (SSSR count). The summed E-state index contributed by atoms with van der Waals surface area (Å²) in [6, 6.07) is 4.85. The molecular weight excluding hydrogens is 329 g/mol. The van der Waals surface area contributed by atoms with Gasteiger partial charge in [-0.25, -0.2) is 17.2 Å². The molecule has 0 unspecified atom stereocenters. The Morgan fingerprint density at radius 1 is 0.864 bits per heavy atom. The predicted molar refractivity (Wildman–Crippen MR) is 68.6 cm³/mol. The molecule has 0 saturated heterocycles. The third kappa shape index (κ3) is 3.73. The number of nitrogens with one attached hydrogen (secondary N) is 1. The Morgan fingerprint density at radius 2 is 1.36 bits per heavy atom. The number of alkyl halides is 3. The smallest absolute Gasteiger partial charge is 0.280 e. The van der Waals surface area contributed by atoms with E-state index < -0.39 is 38.3 Å². The maximum absolute atomic E-state index is 13.0. The Morgan fingerprint density at radius 3 is 1.82 bits per heavy atom. The van der Waals surface area contributed by atoms with E-state index in [-0.39, 0.29) is 5.69 Å². The molecule has 0 atom stereocenters. The predicted octanol–water partition coefficient (Wildman–Crippen LogP) is 3.78. The van der Waals surface area contributed by atoms with Gasteiger partial charge in [0.2, 0.25) is 0 Å². The topological polar surface area (TPSA) is 46.2 Å². The molecule has 0 aliphatic rings. The third-order valence-electron chi connectivity index (χ3n) is 2.61. The van der Waals surface area contributed by atoms with Crippen LogP contribution in [0.3, 0.4) is 0 Å². The van der Waals surface area contributed by atoms with Crippen molar-refractivity contribution >= 4 is 15.7 Å². The monoisotopic (exact) mass is 337 g/mol. The lowest BCUT2D eigenvalue weighted by Crippen LogP contribution is -2.14. The highest BCUT2D eigenvalue weighted by Crippen LogP contribution is 2.30. The molecule has 0 saturated carbocycles. The first kappa shape index (κ1) is 16.2. The second-order valence-corrected chi connectivity index (χ2v) is 5.97. The van der Waals surface area contributed by atoms with E-state index >= 15 is 0 Å².